The predicted octanol–water partition coefficient (Wildman–Crippen LogP) is 1.54. The standard InChI is InChI=1S/C12H12N6OS/c19-11(14-12-17-13-8-20-12)6-3-5-10-16-15-9-4-1-2-7-18(9)10/h1-2,4,7-8H,3,5-6H2,(H,14,17,19). The van der Waals surface area contributed by atoms with E-state index >= 15 is 0 Å². The highest BCUT2D eigenvalue weighted by molar-refractivity contribution is 7.13. The summed E-state index contributed by atoms with van der Waals surface area (Å²) in [6, 6.07) is 5.75. The molecule has 0 atom stereocenters. The molecule has 102 valence electrons. The zero-order chi connectivity index (χ0) is 13.8. The van der Waals surface area contributed by atoms with Crippen LogP contribution in [0.15, 0.2) is 29.9 Å². The lowest BCUT2D eigenvalue weighted by atomic mass is 10.2. The Labute approximate surface area is 118 Å². The topological polar surface area (TPSA) is 85.1 Å². The number of hydrogen-bond donors (Lipinski definition) is 1. The van der Waals surface area contributed by atoms with Crippen molar-refractivity contribution in [1.82, 2.24) is 24.8 Å². The third-order valence-electron chi connectivity index (χ3n) is 2.79. The van der Waals surface area contributed by atoms with Gasteiger partial charge in [-0.2, -0.15) is 0 Å². The van der Waals surface area contributed by atoms with Crippen LogP contribution >= 0.6 is 11.3 Å². The molecule has 3 heterocycles. The lowest BCUT2D eigenvalue weighted by molar-refractivity contribution is -0.116. The zero-order valence-corrected chi connectivity index (χ0v) is 11.4. The van der Waals surface area contributed by atoms with Crippen molar-refractivity contribution in [2.75, 3.05) is 5.32 Å². The van der Waals surface area contributed by atoms with E-state index in [1.165, 1.54) is 11.3 Å². The van der Waals surface area contributed by atoms with Gasteiger partial charge in [0.1, 0.15) is 11.3 Å². The van der Waals surface area contributed by atoms with E-state index in [1.807, 2.05) is 28.8 Å². The molecule has 0 saturated heterocycles. The lowest BCUT2D eigenvalue weighted by Crippen LogP contribution is -2.11. The number of fused-ring (bicyclic) bond motifs is 1. The Kier molecular flexibility index (Phi) is 3.64. The number of anilines is 1. The Morgan fingerprint density at radius 2 is 2.25 bits per heavy atom. The third kappa shape index (κ3) is 2.80. The lowest BCUT2D eigenvalue weighted by Gasteiger charge is -2.01. The number of nitrogens with zero attached hydrogens (tertiary/aromatic N) is 5. The number of amides is 1. The molecular formula is C12H12N6OS. The highest BCUT2D eigenvalue weighted by Gasteiger charge is 2.07. The van der Waals surface area contributed by atoms with E-state index in [0.717, 1.165) is 11.5 Å². The van der Waals surface area contributed by atoms with Gasteiger partial charge in [-0.3, -0.25) is 9.20 Å². The highest BCUT2D eigenvalue weighted by atomic mass is 32.1. The molecule has 0 radical (unpaired) electrons. The van der Waals surface area contributed by atoms with Crippen molar-refractivity contribution in [2.24, 2.45) is 0 Å². The second kappa shape index (κ2) is 5.74. The quantitative estimate of drug-likeness (QED) is 0.769. The fourth-order valence-corrected chi connectivity index (χ4v) is 2.34. The molecule has 3 aromatic heterocycles. The van der Waals surface area contributed by atoms with E-state index in [-0.39, 0.29) is 5.91 Å². The average Bonchev–Trinajstić information content (AvgIpc) is 3.09. The molecule has 8 heteroatoms. The molecule has 20 heavy (non-hydrogen) atoms. The number of carbonyl (C=O) groups excluding carboxylic acids is 1. The minimum Gasteiger partial charge on any atom is -0.301 e. The average molecular weight is 288 g/mol. The first-order chi connectivity index (χ1) is 9.83. The van der Waals surface area contributed by atoms with E-state index in [2.05, 4.69) is 25.7 Å². The number of aryl methyl sites for hydroxylation is 1. The molecule has 0 spiro atoms. The number of rotatable bonds is 5. The molecule has 7 nitrogen and oxygen atoms in total. The molecular weight excluding hydrogens is 276 g/mol. The molecule has 0 aliphatic rings. The Bertz CT molecular complexity index is 708. The van der Waals surface area contributed by atoms with E-state index < -0.39 is 0 Å². The summed E-state index contributed by atoms with van der Waals surface area (Å²) in [5.74, 6) is 0.805. The van der Waals surface area contributed by atoms with Gasteiger partial charge in [-0.1, -0.05) is 17.4 Å². The van der Waals surface area contributed by atoms with E-state index in [9.17, 15) is 4.79 Å². The van der Waals surface area contributed by atoms with Crippen LogP contribution < -0.4 is 5.32 Å². The van der Waals surface area contributed by atoms with Gasteiger partial charge >= 0.3 is 0 Å². The van der Waals surface area contributed by atoms with Gasteiger partial charge in [-0.05, 0) is 18.6 Å². The number of nitrogens with one attached hydrogen (secondary N) is 1. The largest absolute Gasteiger partial charge is 0.301 e. The number of carbonyl (C=O) groups is 1. The first kappa shape index (κ1) is 12.7. The minimum atomic E-state index is -0.0597. The molecule has 1 N–H and O–H groups in total. The van der Waals surface area contributed by atoms with Crippen LogP contribution in [0.25, 0.3) is 5.65 Å². The maximum Gasteiger partial charge on any atom is 0.226 e. The van der Waals surface area contributed by atoms with Gasteiger partial charge in [0, 0.05) is 19.0 Å². The van der Waals surface area contributed by atoms with Gasteiger partial charge in [0.2, 0.25) is 11.0 Å². The fourth-order valence-electron chi connectivity index (χ4n) is 1.88. The van der Waals surface area contributed by atoms with Crippen LogP contribution in [0, 0.1) is 0 Å². The first-order valence-corrected chi connectivity index (χ1v) is 7.05. The SMILES string of the molecule is O=C(CCCc1nnc2ccccn12)Nc1nncs1. The summed E-state index contributed by atoms with van der Waals surface area (Å²) in [7, 11) is 0. The molecule has 0 fully saturated rings. The molecule has 0 unspecified atom stereocenters. The monoisotopic (exact) mass is 288 g/mol. The summed E-state index contributed by atoms with van der Waals surface area (Å²) in [6.45, 7) is 0. The van der Waals surface area contributed by atoms with Gasteiger partial charge in [0.15, 0.2) is 5.65 Å². The Hall–Kier alpha value is -2.35. The highest BCUT2D eigenvalue weighted by Crippen LogP contribution is 2.10. The van der Waals surface area contributed by atoms with Crippen molar-refractivity contribution in [3.8, 4) is 0 Å². The molecule has 0 aliphatic heterocycles. The molecule has 3 rings (SSSR count). The van der Waals surface area contributed by atoms with Gasteiger partial charge in [0.05, 0.1) is 0 Å². The fraction of sp³-hybridized carbons (Fsp3) is 0.250. The Balaban J connectivity index is 1.53. The van der Waals surface area contributed by atoms with Crippen molar-refractivity contribution < 1.29 is 4.79 Å². The van der Waals surface area contributed by atoms with Crippen LogP contribution in [0.2, 0.25) is 0 Å². The van der Waals surface area contributed by atoms with Gasteiger partial charge in [-0.15, -0.1) is 20.4 Å². The van der Waals surface area contributed by atoms with Gasteiger partial charge < -0.3 is 5.32 Å². The summed E-state index contributed by atoms with van der Waals surface area (Å²) >= 11 is 1.30. The molecule has 0 saturated carbocycles. The second-order valence-electron chi connectivity index (χ2n) is 4.19. The predicted molar refractivity (Wildman–Crippen MR) is 74.5 cm³/mol. The van der Waals surface area contributed by atoms with Crippen LogP contribution in [-0.2, 0) is 11.2 Å². The molecule has 3 aromatic rings. The molecule has 0 aromatic carbocycles. The summed E-state index contributed by atoms with van der Waals surface area (Å²) in [5, 5.41) is 18.9. The maximum absolute atomic E-state index is 11.7. The normalized spacial score (nSPS) is 10.8. The summed E-state index contributed by atoms with van der Waals surface area (Å²) in [5.41, 5.74) is 2.40. The smallest absolute Gasteiger partial charge is 0.226 e. The second-order valence-corrected chi connectivity index (χ2v) is 5.02. The third-order valence-corrected chi connectivity index (χ3v) is 3.40. The molecule has 1 amide bonds. The summed E-state index contributed by atoms with van der Waals surface area (Å²) in [4.78, 5) is 11.7. The minimum absolute atomic E-state index is 0.0597. The van der Waals surface area contributed by atoms with E-state index in [1.54, 1.807) is 5.51 Å². The van der Waals surface area contributed by atoms with Crippen LogP contribution in [-0.4, -0.2) is 30.7 Å². The van der Waals surface area contributed by atoms with E-state index in [0.29, 0.717) is 24.4 Å². The molecule has 0 bridgehead atoms. The number of hydrogen-bond acceptors (Lipinski definition) is 6. The Morgan fingerprint density at radius 3 is 3.10 bits per heavy atom. The zero-order valence-electron chi connectivity index (χ0n) is 10.6. The maximum atomic E-state index is 11.7. The van der Waals surface area contributed by atoms with Crippen LogP contribution in [0.5, 0.6) is 0 Å². The summed E-state index contributed by atoms with van der Waals surface area (Å²) in [6.07, 6.45) is 3.75. The van der Waals surface area contributed by atoms with Crippen molar-refractivity contribution in [3.63, 3.8) is 0 Å². The molecule has 0 aliphatic carbocycles. The van der Waals surface area contributed by atoms with Crippen LogP contribution in [0.1, 0.15) is 18.7 Å². The van der Waals surface area contributed by atoms with Crippen molar-refractivity contribution in [1.29, 1.82) is 0 Å². The van der Waals surface area contributed by atoms with Crippen LogP contribution in [0.4, 0.5) is 5.13 Å². The Morgan fingerprint density at radius 1 is 1.30 bits per heavy atom. The van der Waals surface area contributed by atoms with Crippen molar-refractivity contribution >= 4 is 28.0 Å². The summed E-state index contributed by atoms with van der Waals surface area (Å²) < 4.78 is 1.93. The van der Waals surface area contributed by atoms with E-state index in [4.69, 9.17) is 0 Å². The van der Waals surface area contributed by atoms with Crippen molar-refractivity contribution in [2.45, 2.75) is 19.3 Å². The van der Waals surface area contributed by atoms with Crippen LogP contribution in [0.3, 0.4) is 0 Å². The van der Waals surface area contributed by atoms with Gasteiger partial charge in [0.25, 0.3) is 0 Å². The number of aromatic nitrogens is 5. The van der Waals surface area contributed by atoms with Crippen molar-refractivity contribution in [3.05, 3.63) is 35.7 Å². The number of pyridine rings is 1. The van der Waals surface area contributed by atoms with Gasteiger partial charge in [-0.25, -0.2) is 0 Å². The first-order valence-electron chi connectivity index (χ1n) is 6.17.